The zero-order valence-electron chi connectivity index (χ0n) is 23.2. The number of aryl methyl sites for hydroxylation is 2. The van der Waals surface area contributed by atoms with Gasteiger partial charge in [-0.2, -0.15) is 0 Å². The summed E-state index contributed by atoms with van der Waals surface area (Å²) < 4.78 is 0. The van der Waals surface area contributed by atoms with Gasteiger partial charge < -0.3 is 0 Å². The maximum atomic E-state index is 2.60. The van der Waals surface area contributed by atoms with Crippen molar-refractivity contribution in [2.45, 2.75) is 91.9 Å². The second kappa shape index (κ2) is 10.2. The molecule has 1 nitrogen and oxygen atoms in total. The summed E-state index contributed by atoms with van der Waals surface area (Å²) in [6.45, 7) is 29.2. The minimum atomic E-state index is -1.69. The van der Waals surface area contributed by atoms with Crippen LogP contribution in [0.25, 0.3) is 0 Å². The molecule has 2 aromatic carbocycles. The van der Waals surface area contributed by atoms with Gasteiger partial charge in [-0.1, -0.05) is 0 Å². The molecule has 3 heteroatoms. The van der Waals surface area contributed by atoms with Crippen molar-refractivity contribution in [3.05, 3.63) is 47.5 Å². The van der Waals surface area contributed by atoms with Crippen molar-refractivity contribution in [2.24, 2.45) is 0 Å². The van der Waals surface area contributed by atoms with Crippen LogP contribution in [-0.2, 0) is 0 Å². The normalized spacial score (nSPS) is 14.0. The van der Waals surface area contributed by atoms with Crippen molar-refractivity contribution in [3.63, 3.8) is 0 Å². The molecule has 0 aliphatic heterocycles. The summed E-state index contributed by atoms with van der Waals surface area (Å²) in [7, 11) is -1.07. The fraction of sp³-hybridized carbons (Fsp3) is 0.586. The van der Waals surface area contributed by atoms with Gasteiger partial charge in [-0.3, -0.25) is 0 Å². The third-order valence-corrected chi connectivity index (χ3v) is 21.7. The predicted molar refractivity (Wildman–Crippen MR) is 159 cm³/mol. The van der Waals surface area contributed by atoms with Crippen molar-refractivity contribution < 1.29 is 0 Å². The topological polar surface area (TPSA) is 3.24 Å². The van der Waals surface area contributed by atoms with E-state index in [9.17, 15) is 0 Å². The molecular formula is C29H51NP2. The first-order valence-electron chi connectivity index (χ1n) is 12.6. The summed E-state index contributed by atoms with van der Waals surface area (Å²) in [6.07, 6.45) is 0. The van der Waals surface area contributed by atoms with Crippen molar-refractivity contribution in [2.75, 3.05) is 25.3 Å². The summed E-state index contributed by atoms with van der Waals surface area (Å²) >= 11 is 0. The van der Waals surface area contributed by atoms with Gasteiger partial charge in [0.05, 0.1) is 0 Å². The van der Waals surface area contributed by atoms with Crippen LogP contribution in [-0.4, -0.2) is 43.0 Å². The molecule has 0 atom stereocenters. The van der Waals surface area contributed by atoms with Crippen LogP contribution in [0.4, 0.5) is 11.4 Å². The summed E-state index contributed by atoms with van der Waals surface area (Å²) in [6, 6.07) is 14.5. The van der Waals surface area contributed by atoms with E-state index in [1.54, 1.807) is 10.6 Å². The van der Waals surface area contributed by atoms with E-state index in [1.165, 1.54) is 22.5 Å². The third-order valence-electron chi connectivity index (χ3n) is 8.99. The van der Waals surface area contributed by atoms with Crippen LogP contribution in [0.1, 0.15) is 66.5 Å². The zero-order chi connectivity index (χ0) is 24.6. The van der Waals surface area contributed by atoms with Crippen LogP contribution < -0.4 is 15.5 Å². The molecular weight excluding hydrogens is 424 g/mol. The van der Waals surface area contributed by atoms with Crippen molar-refractivity contribution in [3.8, 4) is 0 Å². The van der Waals surface area contributed by atoms with E-state index < -0.39 is 14.5 Å². The van der Waals surface area contributed by atoms with E-state index in [0.717, 1.165) is 0 Å². The first-order valence-corrected chi connectivity index (χ1v) is 18.0. The molecule has 0 spiro atoms. The Morgan fingerprint density at radius 2 is 0.844 bits per heavy atom. The standard InChI is InChI=1S/C29H51NP2/c1-20(2)31(12,21(3)4)28-16-14-24(9)18-26(28)30(11)27-19-25(10)15-17-29(27)32(13,22(5)6)23(7)8/h14-23,31-32H,1-13H3. The number of benzene rings is 2. The first-order chi connectivity index (χ1) is 14.7. The molecule has 0 amide bonds. The first kappa shape index (κ1) is 27.3. The molecule has 0 aliphatic carbocycles. The fourth-order valence-electron chi connectivity index (χ4n) is 5.46. The van der Waals surface area contributed by atoms with Gasteiger partial charge >= 0.3 is 201 Å². The van der Waals surface area contributed by atoms with Gasteiger partial charge in [0.15, 0.2) is 0 Å². The molecule has 0 heterocycles. The van der Waals surface area contributed by atoms with Gasteiger partial charge in [-0.25, -0.2) is 0 Å². The SMILES string of the molecule is Cc1ccc([PH](C)(C(C)C)C(C)C)c(N(C)c2cc(C)ccc2[PH](C)(C(C)C)C(C)C)c1. The Morgan fingerprint density at radius 3 is 1.09 bits per heavy atom. The van der Waals surface area contributed by atoms with E-state index in [1.807, 2.05) is 0 Å². The molecule has 0 saturated carbocycles. The van der Waals surface area contributed by atoms with Gasteiger partial charge in [0, 0.05) is 0 Å². The monoisotopic (exact) mass is 475 g/mol. The third kappa shape index (κ3) is 4.81. The quantitative estimate of drug-likeness (QED) is 0.353. The molecule has 0 radical (unpaired) electrons. The predicted octanol–water partition coefficient (Wildman–Crippen LogP) is 7.71. The molecule has 182 valence electrons. The second-order valence-corrected chi connectivity index (χ2v) is 22.6. The summed E-state index contributed by atoms with van der Waals surface area (Å²) in [5.74, 6) is 0. The summed E-state index contributed by atoms with van der Waals surface area (Å²) in [4.78, 5) is 2.55. The number of rotatable bonds is 8. The van der Waals surface area contributed by atoms with Crippen LogP contribution in [0.2, 0.25) is 0 Å². The van der Waals surface area contributed by atoms with Gasteiger partial charge in [-0.15, -0.1) is 0 Å². The van der Waals surface area contributed by atoms with Crippen molar-refractivity contribution >= 4 is 36.5 Å². The molecule has 0 fully saturated rings. The summed E-state index contributed by atoms with van der Waals surface area (Å²) in [5, 5.41) is 3.22. The Kier molecular flexibility index (Phi) is 8.68. The van der Waals surface area contributed by atoms with Crippen LogP contribution in [0.3, 0.4) is 0 Å². The number of anilines is 2. The number of hydrogen-bond donors (Lipinski definition) is 0. The molecule has 0 N–H and O–H groups in total. The van der Waals surface area contributed by atoms with E-state index in [-0.39, 0.29) is 0 Å². The fourth-order valence-corrected chi connectivity index (χ4v) is 13.1. The number of nitrogens with zero attached hydrogens (tertiary/aromatic N) is 1. The molecule has 2 rings (SSSR count). The van der Waals surface area contributed by atoms with E-state index >= 15 is 0 Å². The van der Waals surface area contributed by atoms with Crippen LogP contribution in [0.15, 0.2) is 36.4 Å². The van der Waals surface area contributed by atoms with Crippen LogP contribution in [0.5, 0.6) is 0 Å². The minimum absolute atomic E-state index is 0.695. The molecule has 0 saturated heterocycles. The molecule has 32 heavy (non-hydrogen) atoms. The Morgan fingerprint density at radius 1 is 0.562 bits per heavy atom. The van der Waals surface area contributed by atoms with Gasteiger partial charge in [0.2, 0.25) is 0 Å². The van der Waals surface area contributed by atoms with Crippen molar-refractivity contribution in [1.82, 2.24) is 0 Å². The molecule has 0 aromatic heterocycles. The van der Waals surface area contributed by atoms with Crippen molar-refractivity contribution in [1.29, 1.82) is 0 Å². The average molecular weight is 476 g/mol. The molecule has 0 aliphatic rings. The summed E-state index contributed by atoms with van der Waals surface area (Å²) in [5.41, 5.74) is 8.33. The Labute approximate surface area is 201 Å². The van der Waals surface area contributed by atoms with Gasteiger partial charge in [-0.05, 0) is 0 Å². The average Bonchev–Trinajstić information content (AvgIpc) is 2.71. The second-order valence-electron chi connectivity index (χ2n) is 11.8. The molecule has 0 bridgehead atoms. The van der Waals surface area contributed by atoms with E-state index in [4.69, 9.17) is 0 Å². The van der Waals surface area contributed by atoms with Crippen LogP contribution in [0, 0.1) is 13.8 Å². The Bertz CT molecular complexity index is 835. The van der Waals surface area contributed by atoms with Gasteiger partial charge in [0.1, 0.15) is 0 Å². The van der Waals surface area contributed by atoms with E-state index in [2.05, 4.69) is 131 Å². The zero-order valence-corrected chi connectivity index (χ0v) is 25.2. The molecule has 0 unspecified atom stereocenters. The molecule has 2 aromatic rings. The van der Waals surface area contributed by atoms with E-state index in [0.29, 0.717) is 22.6 Å². The van der Waals surface area contributed by atoms with Crippen LogP contribution >= 0.6 is 14.5 Å². The number of hydrogen-bond acceptors (Lipinski definition) is 1. The Hall–Kier alpha value is -0.900. The maximum absolute atomic E-state index is 2.60. The van der Waals surface area contributed by atoms with Gasteiger partial charge in [0.25, 0.3) is 0 Å². The Balaban J connectivity index is 2.85.